The van der Waals surface area contributed by atoms with E-state index in [1.807, 2.05) is 4.90 Å². The van der Waals surface area contributed by atoms with Crippen LogP contribution in [-0.4, -0.2) is 72.7 Å². The molecule has 2 saturated heterocycles. The fraction of sp³-hybridized carbons (Fsp3) is 0.923. The number of aliphatic hydroxyl groups excluding tert-OH is 1. The number of carbonyl (C=O) groups excluding carboxylic acids is 1. The summed E-state index contributed by atoms with van der Waals surface area (Å²) in [6.45, 7) is 4.95. The monoisotopic (exact) mass is 255 g/mol. The van der Waals surface area contributed by atoms with Crippen molar-refractivity contribution in [1.82, 2.24) is 15.1 Å². The van der Waals surface area contributed by atoms with Crippen molar-refractivity contribution in [2.45, 2.75) is 31.7 Å². The van der Waals surface area contributed by atoms with E-state index in [9.17, 15) is 4.79 Å². The van der Waals surface area contributed by atoms with Gasteiger partial charge in [0.15, 0.2) is 0 Å². The summed E-state index contributed by atoms with van der Waals surface area (Å²) >= 11 is 0. The summed E-state index contributed by atoms with van der Waals surface area (Å²) in [7, 11) is 0. The van der Waals surface area contributed by atoms with Crippen LogP contribution in [0, 0.1) is 0 Å². The molecular formula is C13H25N3O2. The first-order valence-electron chi connectivity index (χ1n) is 7.14. The molecule has 18 heavy (non-hydrogen) atoms. The Kier molecular flexibility index (Phi) is 5.41. The minimum Gasteiger partial charge on any atom is -0.395 e. The van der Waals surface area contributed by atoms with E-state index in [1.165, 1.54) is 12.8 Å². The van der Waals surface area contributed by atoms with Crippen LogP contribution in [0.2, 0.25) is 0 Å². The van der Waals surface area contributed by atoms with Crippen molar-refractivity contribution in [2.75, 3.05) is 45.9 Å². The molecule has 1 amide bonds. The zero-order valence-corrected chi connectivity index (χ0v) is 11.1. The van der Waals surface area contributed by atoms with Gasteiger partial charge in [-0.15, -0.1) is 0 Å². The van der Waals surface area contributed by atoms with Crippen molar-refractivity contribution >= 4 is 5.91 Å². The molecule has 0 aromatic rings. The van der Waals surface area contributed by atoms with Gasteiger partial charge in [-0.2, -0.15) is 0 Å². The van der Waals surface area contributed by atoms with E-state index in [1.54, 1.807) is 0 Å². The van der Waals surface area contributed by atoms with Gasteiger partial charge in [-0.05, 0) is 32.2 Å². The maximum Gasteiger partial charge on any atom is 0.236 e. The highest BCUT2D eigenvalue weighted by Gasteiger charge is 2.23. The molecule has 0 aliphatic carbocycles. The molecule has 2 rings (SSSR count). The van der Waals surface area contributed by atoms with E-state index in [4.69, 9.17) is 5.11 Å². The van der Waals surface area contributed by atoms with E-state index in [-0.39, 0.29) is 12.5 Å². The highest BCUT2D eigenvalue weighted by molar-refractivity contribution is 5.78. The Balaban J connectivity index is 1.78. The van der Waals surface area contributed by atoms with Gasteiger partial charge >= 0.3 is 0 Å². The summed E-state index contributed by atoms with van der Waals surface area (Å²) < 4.78 is 0. The maximum absolute atomic E-state index is 12.1. The number of rotatable bonds is 6. The highest BCUT2D eigenvalue weighted by Crippen LogP contribution is 2.10. The Labute approximate surface area is 109 Å². The predicted molar refractivity (Wildman–Crippen MR) is 70.4 cm³/mol. The van der Waals surface area contributed by atoms with Gasteiger partial charge in [-0.25, -0.2) is 0 Å². The van der Waals surface area contributed by atoms with Crippen molar-refractivity contribution in [1.29, 1.82) is 0 Å². The molecule has 1 atom stereocenters. The van der Waals surface area contributed by atoms with Crippen LogP contribution in [0.15, 0.2) is 0 Å². The molecule has 0 spiro atoms. The number of likely N-dealkylation sites (tertiary alicyclic amines) is 1. The minimum absolute atomic E-state index is 0.125. The van der Waals surface area contributed by atoms with E-state index >= 15 is 0 Å². The molecule has 0 radical (unpaired) electrons. The van der Waals surface area contributed by atoms with Gasteiger partial charge in [0.05, 0.1) is 13.2 Å². The zero-order chi connectivity index (χ0) is 12.8. The molecule has 2 fully saturated rings. The first-order chi connectivity index (χ1) is 8.79. The van der Waals surface area contributed by atoms with Crippen molar-refractivity contribution in [3.63, 3.8) is 0 Å². The quantitative estimate of drug-likeness (QED) is 0.681. The summed E-state index contributed by atoms with van der Waals surface area (Å²) in [4.78, 5) is 16.1. The third-order valence-electron chi connectivity index (χ3n) is 3.87. The Hall–Kier alpha value is -0.650. The Bertz CT molecular complexity index is 261. The first kappa shape index (κ1) is 13.8. The lowest BCUT2D eigenvalue weighted by molar-refractivity contribution is -0.131. The number of amides is 1. The number of hydrogen-bond donors (Lipinski definition) is 2. The summed E-state index contributed by atoms with van der Waals surface area (Å²) in [5.74, 6) is 0.221. The minimum atomic E-state index is 0.125. The fourth-order valence-corrected chi connectivity index (χ4v) is 2.86. The predicted octanol–water partition coefficient (Wildman–Crippen LogP) is -0.345. The smallest absolute Gasteiger partial charge is 0.236 e. The standard InChI is InChI=1S/C13H25N3O2/c17-9-8-15(10-12-4-3-5-14-12)11-13(18)16-6-1-2-7-16/h12,14,17H,1-11H2. The molecule has 2 aliphatic rings. The molecule has 2 N–H and O–H groups in total. The van der Waals surface area contributed by atoms with Crippen LogP contribution in [0.25, 0.3) is 0 Å². The number of aliphatic hydroxyl groups is 1. The molecule has 5 nitrogen and oxygen atoms in total. The largest absolute Gasteiger partial charge is 0.395 e. The van der Waals surface area contributed by atoms with Crippen molar-refractivity contribution < 1.29 is 9.90 Å². The molecule has 0 bridgehead atoms. The van der Waals surface area contributed by atoms with E-state index in [0.29, 0.717) is 19.1 Å². The van der Waals surface area contributed by atoms with Crippen molar-refractivity contribution in [2.24, 2.45) is 0 Å². The fourth-order valence-electron chi connectivity index (χ4n) is 2.86. The Morgan fingerprint density at radius 1 is 1.33 bits per heavy atom. The van der Waals surface area contributed by atoms with Crippen LogP contribution in [0.5, 0.6) is 0 Å². The molecule has 2 heterocycles. The molecular weight excluding hydrogens is 230 g/mol. The van der Waals surface area contributed by atoms with Gasteiger partial charge in [0, 0.05) is 32.2 Å². The lowest BCUT2D eigenvalue weighted by atomic mass is 10.2. The average Bonchev–Trinajstić information content (AvgIpc) is 3.01. The van der Waals surface area contributed by atoms with Crippen LogP contribution in [0.4, 0.5) is 0 Å². The van der Waals surface area contributed by atoms with E-state index < -0.39 is 0 Å². The summed E-state index contributed by atoms with van der Waals surface area (Å²) in [5.41, 5.74) is 0. The molecule has 104 valence electrons. The first-order valence-corrected chi connectivity index (χ1v) is 7.14. The third kappa shape index (κ3) is 3.93. The number of nitrogens with zero attached hydrogens (tertiary/aromatic N) is 2. The van der Waals surface area contributed by atoms with Crippen molar-refractivity contribution in [3.05, 3.63) is 0 Å². The second-order valence-corrected chi connectivity index (χ2v) is 5.34. The molecule has 1 unspecified atom stereocenters. The molecule has 2 aliphatic heterocycles. The van der Waals surface area contributed by atoms with Gasteiger partial charge < -0.3 is 15.3 Å². The maximum atomic E-state index is 12.1. The molecule has 0 aromatic heterocycles. The average molecular weight is 255 g/mol. The summed E-state index contributed by atoms with van der Waals surface area (Å²) in [5, 5.41) is 12.5. The molecule has 0 saturated carbocycles. The lowest BCUT2D eigenvalue weighted by Crippen LogP contribution is -2.45. The van der Waals surface area contributed by atoms with Gasteiger partial charge in [0.2, 0.25) is 5.91 Å². The van der Waals surface area contributed by atoms with Crippen LogP contribution >= 0.6 is 0 Å². The van der Waals surface area contributed by atoms with Crippen LogP contribution in [0.3, 0.4) is 0 Å². The van der Waals surface area contributed by atoms with Crippen LogP contribution in [0.1, 0.15) is 25.7 Å². The number of hydrogen-bond acceptors (Lipinski definition) is 4. The van der Waals surface area contributed by atoms with E-state index in [0.717, 1.165) is 39.0 Å². The second-order valence-electron chi connectivity index (χ2n) is 5.34. The second kappa shape index (κ2) is 7.07. The Morgan fingerprint density at radius 2 is 2.11 bits per heavy atom. The lowest BCUT2D eigenvalue weighted by Gasteiger charge is -2.26. The van der Waals surface area contributed by atoms with Gasteiger partial charge in [0.25, 0.3) is 0 Å². The van der Waals surface area contributed by atoms with Gasteiger partial charge in [0.1, 0.15) is 0 Å². The third-order valence-corrected chi connectivity index (χ3v) is 3.87. The molecule has 0 aromatic carbocycles. The van der Waals surface area contributed by atoms with E-state index in [2.05, 4.69) is 10.2 Å². The SMILES string of the molecule is O=C(CN(CCO)CC1CCCN1)N1CCCC1. The topological polar surface area (TPSA) is 55.8 Å². The number of carbonyl (C=O) groups is 1. The van der Waals surface area contributed by atoms with Crippen LogP contribution in [-0.2, 0) is 4.79 Å². The van der Waals surface area contributed by atoms with Gasteiger partial charge in [-0.3, -0.25) is 9.69 Å². The number of nitrogens with one attached hydrogen (secondary N) is 1. The van der Waals surface area contributed by atoms with Crippen LogP contribution < -0.4 is 5.32 Å². The summed E-state index contributed by atoms with van der Waals surface area (Å²) in [6, 6.07) is 0.489. The van der Waals surface area contributed by atoms with Gasteiger partial charge in [-0.1, -0.05) is 0 Å². The van der Waals surface area contributed by atoms with Crippen molar-refractivity contribution in [3.8, 4) is 0 Å². The Morgan fingerprint density at radius 3 is 2.72 bits per heavy atom. The highest BCUT2D eigenvalue weighted by atomic mass is 16.3. The normalized spacial score (nSPS) is 24.1. The summed E-state index contributed by atoms with van der Waals surface area (Å²) in [6.07, 6.45) is 4.67. The molecule has 5 heteroatoms. The zero-order valence-electron chi connectivity index (χ0n) is 11.1.